The van der Waals surface area contributed by atoms with Gasteiger partial charge in [0.2, 0.25) is 11.8 Å². The minimum absolute atomic E-state index is 0.0655. The van der Waals surface area contributed by atoms with Gasteiger partial charge in [0.25, 0.3) is 5.56 Å². The van der Waals surface area contributed by atoms with Crippen LogP contribution in [0.1, 0.15) is 22.4 Å². The number of hydrogen-bond acceptors (Lipinski definition) is 6. The van der Waals surface area contributed by atoms with Crippen LogP contribution in [-0.2, 0) is 24.4 Å². The van der Waals surface area contributed by atoms with Crippen LogP contribution in [0.5, 0.6) is 5.88 Å². The average Bonchev–Trinajstić information content (AvgIpc) is 2.85. The third-order valence-electron chi connectivity index (χ3n) is 5.01. The van der Waals surface area contributed by atoms with Crippen molar-refractivity contribution < 1.29 is 9.53 Å². The number of pyridine rings is 2. The molecule has 0 bridgehead atoms. The fourth-order valence-corrected chi connectivity index (χ4v) is 3.25. The van der Waals surface area contributed by atoms with Crippen LogP contribution in [0.15, 0.2) is 78.0 Å². The van der Waals surface area contributed by atoms with Crippen molar-refractivity contribution in [3.8, 4) is 17.3 Å². The predicted octanol–water partition coefficient (Wildman–Crippen LogP) is 2.97. The molecule has 1 amide bonds. The van der Waals surface area contributed by atoms with Gasteiger partial charge >= 0.3 is 0 Å². The van der Waals surface area contributed by atoms with Gasteiger partial charge in [-0.1, -0.05) is 30.3 Å². The Morgan fingerprint density at radius 3 is 2.67 bits per heavy atom. The first kappa shape index (κ1) is 21.9. The summed E-state index contributed by atoms with van der Waals surface area (Å²) in [6.07, 6.45) is 4.84. The molecule has 2 N–H and O–H groups in total. The lowest BCUT2D eigenvalue weighted by Gasteiger charge is -2.10. The van der Waals surface area contributed by atoms with Crippen LogP contribution in [0.4, 0.5) is 0 Å². The minimum Gasteiger partial charge on any atom is -0.473 e. The Labute approximate surface area is 190 Å². The number of hydrogen-bond donors (Lipinski definition) is 2. The summed E-state index contributed by atoms with van der Waals surface area (Å²) < 4.78 is 5.73. The number of rotatable bonds is 8. The Morgan fingerprint density at radius 1 is 1.06 bits per heavy atom. The van der Waals surface area contributed by atoms with Gasteiger partial charge in [0.1, 0.15) is 12.4 Å². The molecular formula is C25H23N5O3. The van der Waals surface area contributed by atoms with Crippen molar-refractivity contribution in [2.75, 3.05) is 0 Å². The van der Waals surface area contributed by atoms with Crippen LogP contribution in [0.25, 0.3) is 11.4 Å². The van der Waals surface area contributed by atoms with Gasteiger partial charge in [0.05, 0.1) is 6.42 Å². The van der Waals surface area contributed by atoms with Crippen LogP contribution in [0, 0.1) is 6.92 Å². The highest BCUT2D eigenvalue weighted by atomic mass is 16.5. The first-order valence-corrected chi connectivity index (χ1v) is 10.5. The molecule has 0 unspecified atom stereocenters. The Hall–Kier alpha value is -4.33. The number of aryl methyl sites for hydroxylation is 1. The number of amides is 1. The zero-order valence-electron chi connectivity index (χ0n) is 18.1. The summed E-state index contributed by atoms with van der Waals surface area (Å²) in [5.74, 6) is 0.630. The maximum absolute atomic E-state index is 12.6. The lowest BCUT2D eigenvalue weighted by atomic mass is 10.1. The Balaban J connectivity index is 1.35. The number of nitrogens with one attached hydrogen (secondary N) is 2. The second kappa shape index (κ2) is 10.3. The highest BCUT2D eigenvalue weighted by molar-refractivity contribution is 5.78. The van der Waals surface area contributed by atoms with Crippen molar-refractivity contribution >= 4 is 5.91 Å². The average molecular weight is 441 g/mol. The molecule has 0 aliphatic rings. The summed E-state index contributed by atoms with van der Waals surface area (Å²) >= 11 is 0. The maximum atomic E-state index is 12.6. The number of carbonyl (C=O) groups excluding carboxylic acids is 1. The van der Waals surface area contributed by atoms with E-state index in [-0.39, 0.29) is 17.9 Å². The number of carbonyl (C=O) groups is 1. The molecule has 8 nitrogen and oxygen atoms in total. The fraction of sp³-hybridized carbons (Fsp3) is 0.160. The molecule has 0 saturated heterocycles. The van der Waals surface area contributed by atoms with Crippen molar-refractivity contribution in [1.82, 2.24) is 25.3 Å². The number of ether oxygens (including phenoxy) is 1. The molecule has 0 spiro atoms. The van der Waals surface area contributed by atoms with Gasteiger partial charge in [-0.15, -0.1) is 0 Å². The van der Waals surface area contributed by atoms with Crippen molar-refractivity contribution in [3.05, 3.63) is 106 Å². The topological polar surface area (TPSA) is 110 Å². The van der Waals surface area contributed by atoms with Gasteiger partial charge in [0.15, 0.2) is 0 Å². The van der Waals surface area contributed by atoms with E-state index >= 15 is 0 Å². The number of aromatic nitrogens is 4. The van der Waals surface area contributed by atoms with E-state index in [1.807, 2.05) is 36.4 Å². The van der Waals surface area contributed by atoms with Gasteiger partial charge in [-0.25, -0.2) is 9.97 Å². The fourth-order valence-electron chi connectivity index (χ4n) is 3.25. The van der Waals surface area contributed by atoms with E-state index in [0.29, 0.717) is 41.7 Å². The maximum Gasteiger partial charge on any atom is 0.255 e. The molecule has 33 heavy (non-hydrogen) atoms. The van der Waals surface area contributed by atoms with Crippen LogP contribution >= 0.6 is 0 Å². The molecule has 0 aliphatic heterocycles. The summed E-state index contributed by atoms with van der Waals surface area (Å²) in [5.41, 5.74) is 3.10. The summed E-state index contributed by atoms with van der Waals surface area (Å²) in [5, 5.41) is 2.84. The monoisotopic (exact) mass is 441 g/mol. The van der Waals surface area contributed by atoms with Crippen LogP contribution in [-0.4, -0.2) is 25.8 Å². The van der Waals surface area contributed by atoms with E-state index in [1.165, 1.54) is 0 Å². The van der Waals surface area contributed by atoms with E-state index in [1.54, 1.807) is 43.7 Å². The molecular weight excluding hydrogens is 418 g/mol. The number of benzene rings is 1. The highest BCUT2D eigenvalue weighted by Gasteiger charge is 2.13. The van der Waals surface area contributed by atoms with Crippen molar-refractivity contribution in [3.63, 3.8) is 0 Å². The second-order valence-electron chi connectivity index (χ2n) is 7.45. The molecule has 0 fully saturated rings. The van der Waals surface area contributed by atoms with Crippen LogP contribution < -0.4 is 15.6 Å². The van der Waals surface area contributed by atoms with E-state index < -0.39 is 0 Å². The Kier molecular flexibility index (Phi) is 6.84. The number of aromatic amines is 1. The normalized spacial score (nSPS) is 10.6. The first-order valence-electron chi connectivity index (χ1n) is 10.5. The molecule has 8 heteroatoms. The van der Waals surface area contributed by atoms with E-state index in [4.69, 9.17) is 4.74 Å². The Bertz CT molecular complexity index is 1290. The molecule has 0 aliphatic carbocycles. The summed E-state index contributed by atoms with van der Waals surface area (Å²) in [6.45, 7) is 2.42. The third kappa shape index (κ3) is 5.88. The molecule has 3 heterocycles. The quantitative estimate of drug-likeness (QED) is 0.435. The van der Waals surface area contributed by atoms with Gasteiger partial charge in [-0.3, -0.25) is 14.6 Å². The number of nitrogens with zero attached hydrogens (tertiary/aromatic N) is 3. The molecule has 166 valence electrons. The smallest absolute Gasteiger partial charge is 0.255 e. The van der Waals surface area contributed by atoms with Crippen LogP contribution in [0.2, 0.25) is 0 Å². The lowest BCUT2D eigenvalue weighted by Crippen LogP contribution is -2.28. The zero-order chi connectivity index (χ0) is 23.0. The molecule has 4 aromatic rings. The molecule has 3 aromatic heterocycles. The molecule has 1 aromatic carbocycles. The zero-order valence-corrected chi connectivity index (χ0v) is 18.1. The number of H-pyrrole nitrogens is 1. The molecule has 0 saturated carbocycles. The van der Waals surface area contributed by atoms with E-state index in [0.717, 1.165) is 11.1 Å². The minimum atomic E-state index is -0.336. The molecule has 0 radical (unpaired) electrons. The van der Waals surface area contributed by atoms with E-state index in [2.05, 4.69) is 25.3 Å². The first-order chi connectivity index (χ1) is 16.1. The summed E-state index contributed by atoms with van der Waals surface area (Å²) in [6, 6.07) is 17.0. The second-order valence-corrected chi connectivity index (χ2v) is 7.45. The van der Waals surface area contributed by atoms with Gasteiger partial charge in [-0.05, 0) is 36.2 Å². The SMILES string of the molecule is Cc1nc(-c2cccnc2)[nH]c(=O)c1CC(=O)NCc1ccnc(OCc2ccccc2)c1. The van der Waals surface area contributed by atoms with Gasteiger partial charge in [0, 0.05) is 48.0 Å². The van der Waals surface area contributed by atoms with Crippen molar-refractivity contribution in [1.29, 1.82) is 0 Å². The van der Waals surface area contributed by atoms with Crippen molar-refractivity contribution in [2.45, 2.75) is 26.5 Å². The van der Waals surface area contributed by atoms with Gasteiger partial charge in [-0.2, -0.15) is 0 Å². The lowest BCUT2D eigenvalue weighted by molar-refractivity contribution is -0.120. The molecule has 0 atom stereocenters. The third-order valence-corrected chi connectivity index (χ3v) is 5.01. The molecule has 4 rings (SSSR count). The standard InChI is InChI=1S/C25H23N5O3/c1-17-21(25(32)30-24(29-17)20-8-5-10-26-15-20)13-22(31)28-14-19-9-11-27-23(12-19)33-16-18-6-3-2-4-7-18/h2-12,15H,13-14,16H2,1H3,(H,28,31)(H,29,30,32). The summed E-state index contributed by atoms with van der Waals surface area (Å²) in [4.78, 5) is 40.5. The van der Waals surface area contributed by atoms with E-state index in [9.17, 15) is 9.59 Å². The highest BCUT2D eigenvalue weighted by Crippen LogP contribution is 2.14. The Morgan fingerprint density at radius 2 is 1.91 bits per heavy atom. The van der Waals surface area contributed by atoms with Gasteiger partial charge < -0.3 is 15.0 Å². The van der Waals surface area contributed by atoms with Crippen LogP contribution in [0.3, 0.4) is 0 Å². The summed E-state index contributed by atoms with van der Waals surface area (Å²) in [7, 11) is 0. The largest absolute Gasteiger partial charge is 0.473 e. The van der Waals surface area contributed by atoms with Crippen molar-refractivity contribution in [2.24, 2.45) is 0 Å². The predicted molar refractivity (Wildman–Crippen MR) is 123 cm³/mol.